The van der Waals surface area contributed by atoms with E-state index in [0.29, 0.717) is 33.3 Å². The Kier molecular flexibility index (Phi) is 6.30. The summed E-state index contributed by atoms with van der Waals surface area (Å²) < 4.78 is 9.53. The van der Waals surface area contributed by atoms with E-state index in [1.807, 2.05) is 0 Å². The fourth-order valence-electron chi connectivity index (χ4n) is 3.63. The Morgan fingerprint density at radius 3 is 1.50 bits per heavy atom. The summed E-state index contributed by atoms with van der Waals surface area (Å²) in [6, 6.07) is 10.2. The lowest BCUT2D eigenvalue weighted by molar-refractivity contribution is -0.121. The van der Waals surface area contributed by atoms with Gasteiger partial charge in [-0.3, -0.25) is 9.59 Å². The Morgan fingerprint density at radius 1 is 0.706 bits per heavy atom. The van der Waals surface area contributed by atoms with E-state index in [9.17, 15) is 19.2 Å². The van der Waals surface area contributed by atoms with Crippen molar-refractivity contribution >= 4 is 56.9 Å². The highest BCUT2D eigenvalue weighted by molar-refractivity contribution is 6.07. The Balaban J connectivity index is 1.36. The molecule has 0 spiro atoms. The topological polar surface area (TPSA) is 142 Å². The number of fused-ring (bicyclic) bond motifs is 2. The van der Waals surface area contributed by atoms with Gasteiger partial charge in [0.25, 0.3) is 0 Å². The molecule has 0 bridgehead atoms. The number of carbonyl (C=O) groups excluding carboxylic acids is 4. The van der Waals surface area contributed by atoms with Gasteiger partial charge in [0.2, 0.25) is 11.8 Å². The molecule has 0 atom stereocenters. The van der Waals surface area contributed by atoms with Crippen LogP contribution in [0, 0.1) is 0 Å². The summed E-state index contributed by atoms with van der Waals surface area (Å²) in [6.45, 7) is 0. The highest BCUT2D eigenvalue weighted by Crippen LogP contribution is 2.24. The zero-order chi connectivity index (χ0) is 24.2. The number of aromatic nitrogens is 2. The minimum atomic E-state index is -0.483. The van der Waals surface area contributed by atoms with Gasteiger partial charge in [-0.1, -0.05) is 0 Å². The molecule has 0 saturated carbocycles. The summed E-state index contributed by atoms with van der Waals surface area (Å²) >= 11 is 0. The summed E-state index contributed by atoms with van der Waals surface area (Å²) in [7, 11) is 2.60. The van der Waals surface area contributed by atoms with Crippen LogP contribution in [0.1, 0.15) is 33.6 Å². The number of hydrogen-bond donors (Lipinski definition) is 4. The second-order valence-corrected chi connectivity index (χ2v) is 7.50. The molecule has 4 N–H and O–H groups in total. The lowest BCUT2D eigenvalue weighted by atomic mass is 10.1. The van der Waals surface area contributed by atoms with Crippen LogP contribution in [0.2, 0.25) is 0 Å². The van der Waals surface area contributed by atoms with E-state index < -0.39 is 11.9 Å². The van der Waals surface area contributed by atoms with E-state index >= 15 is 0 Å². The molecule has 4 aromatic rings. The minimum absolute atomic E-state index is 0.0410. The fourth-order valence-corrected chi connectivity index (χ4v) is 3.63. The van der Waals surface area contributed by atoms with Crippen LogP contribution in [0.25, 0.3) is 21.8 Å². The Labute approximate surface area is 193 Å². The van der Waals surface area contributed by atoms with E-state index in [1.165, 1.54) is 14.2 Å². The average Bonchev–Trinajstić information content (AvgIpc) is 3.45. The average molecular weight is 462 g/mol. The second kappa shape index (κ2) is 9.49. The molecule has 2 amide bonds. The van der Waals surface area contributed by atoms with E-state index in [-0.39, 0.29) is 24.7 Å². The van der Waals surface area contributed by atoms with Crippen LogP contribution < -0.4 is 10.6 Å². The summed E-state index contributed by atoms with van der Waals surface area (Å²) in [6.07, 6.45) is 3.01. The van der Waals surface area contributed by atoms with Gasteiger partial charge in [-0.05, 0) is 36.4 Å². The number of benzene rings is 2. The zero-order valence-electron chi connectivity index (χ0n) is 18.5. The van der Waals surface area contributed by atoms with Crippen LogP contribution in [-0.2, 0) is 19.1 Å². The number of esters is 2. The van der Waals surface area contributed by atoms with Crippen molar-refractivity contribution < 1.29 is 28.7 Å². The van der Waals surface area contributed by atoms with Crippen molar-refractivity contribution in [2.75, 3.05) is 24.9 Å². The van der Waals surface area contributed by atoms with Crippen molar-refractivity contribution in [3.63, 3.8) is 0 Å². The molecule has 0 aliphatic heterocycles. The number of ether oxygens (including phenoxy) is 2. The van der Waals surface area contributed by atoms with Crippen molar-refractivity contribution in [3.05, 3.63) is 59.9 Å². The number of methoxy groups -OCH3 is 2. The summed E-state index contributed by atoms with van der Waals surface area (Å²) in [5.41, 5.74) is 3.18. The van der Waals surface area contributed by atoms with Gasteiger partial charge in [0.1, 0.15) is 0 Å². The molecule has 0 saturated heterocycles. The monoisotopic (exact) mass is 462 g/mol. The lowest BCUT2D eigenvalue weighted by Crippen LogP contribution is -2.17. The third-order valence-electron chi connectivity index (χ3n) is 5.32. The standard InChI is InChI=1S/C24H22N4O6/c1-33-23(31)17-11-25-19-5-3-13(9-15(17)19)27-21(29)7-8-22(30)28-14-4-6-20-16(10-14)18(12-26-20)24(32)34-2/h3-6,9-12,25-26H,7-8H2,1-2H3,(H,27,29)(H,28,30). The van der Waals surface area contributed by atoms with E-state index in [0.717, 1.165) is 11.0 Å². The number of H-pyrrole nitrogens is 2. The number of rotatable bonds is 7. The minimum Gasteiger partial charge on any atom is -0.465 e. The van der Waals surface area contributed by atoms with Gasteiger partial charge in [0.05, 0.1) is 25.3 Å². The Morgan fingerprint density at radius 2 is 1.12 bits per heavy atom. The molecule has 2 aromatic heterocycles. The first-order chi connectivity index (χ1) is 16.4. The molecule has 2 heterocycles. The van der Waals surface area contributed by atoms with Crippen LogP contribution in [0.4, 0.5) is 11.4 Å². The number of aromatic amines is 2. The molecule has 0 aliphatic rings. The van der Waals surface area contributed by atoms with Crippen LogP contribution in [0.15, 0.2) is 48.8 Å². The van der Waals surface area contributed by atoms with Gasteiger partial charge in [0.15, 0.2) is 0 Å². The van der Waals surface area contributed by atoms with Crippen molar-refractivity contribution in [1.29, 1.82) is 0 Å². The first-order valence-electron chi connectivity index (χ1n) is 10.4. The van der Waals surface area contributed by atoms with Crippen LogP contribution in [-0.4, -0.2) is 47.9 Å². The molecule has 10 heteroatoms. The Hall–Kier alpha value is -4.60. The molecule has 34 heavy (non-hydrogen) atoms. The zero-order valence-corrected chi connectivity index (χ0v) is 18.5. The summed E-state index contributed by atoms with van der Waals surface area (Å²) in [5.74, 6) is -1.66. The van der Waals surface area contributed by atoms with Crippen molar-refractivity contribution in [1.82, 2.24) is 9.97 Å². The maximum atomic E-state index is 12.4. The molecule has 4 rings (SSSR count). The molecule has 0 unspecified atom stereocenters. The van der Waals surface area contributed by atoms with Gasteiger partial charge in [-0.15, -0.1) is 0 Å². The maximum Gasteiger partial charge on any atom is 0.340 e. The number of anilines is 2. The number of hydrogen-bond acceptors (Lipinski definition) is 6. The molecular formula is C24H22N4O6. The van der Waals surface area contributed by atoms with Crippen LogP contribution in [0.3, 0.4) is 0 Å². The van der Waals surface area contributed by atoms with Crippen molar-refractivity contribution in [2.24, 2.45) is 0 Å². The van der Waals surface area contributed by atoms with Crippen molar-refractivity contribution in [3.8, 4) is 0 Å². The fraction of sp³-hybridized carbons (Fsp3) is 0.167. The summed E-state index contributed by atoms with van der Waals surface area (Å²) in [4.78, 5) is 54.4. The molecule has 174 valence electrons. The molecular weight excluding hydrogens is 440 g/mol. The van der Waals surface area contributed by atoms with Gasteiger partial charge < -0.3 is 30.1 Å². The predicted octanol–water partition coefficient (Wildman–Crippen LogP) is 3.58. The third kappa shape index (κ3) is 4.60. The first-order valence-corrected chi connectivity index (χ1v) is 10.4. The SMILES string of the molecule is COC(=O)c1c[nH]c2ccc(NC(=O)CCC(=O)Nc3ccc4[nH]cc(C(=O)OC)c4c3)cc12. The molecule has 0 radical (unpaired) electrons. The van der Waals surface area contributed by atoms with Crippen LogP contribution >= 0.6 is 0 Å². The largest absolute Gasteiger partial charge is 0.465 e. The highest BCUT2D eigenvalue weighted by atomic mass is 16.5. The smallest absolute Gasteiger partial charge is 0.340 e. The van der Waals surface area contributed by atoms with Gasteiger partial charge >= 0.3 is 11.9 Å². The van der Waals surface area contributed by atoms with E-state index in [4.69, 9.17) is 9.47 Å². The quantitative estimate of drug-likeness (QED) is 0.309. The van der Waals surface area contributed by atoms with E-state index in [2.05, 4.69) is 20.6 Å². The second-order valence-electron chi connectivity index (χ2n) is 7.50. The molecule has 0 aliphatic carbocycles. The predicted molar refractivity (Wildman–Crippen MR) is 126 cm³/mol. The third-order valence-corrected chi connectivity index (χ3v) is 5.32. The number of nitrogens with one attached hydrogen (secondary N) is 4. The number of carbonyl (C=O) groups is 4. The molecule has 0 fully saturated rings. The number of amides is 2. The normalized spacial score (nSPS) is 10.8. The van der Waals surface area contributed by atoms with Gasteiger partial charge in [-0.25, -0.2) is 9.59 Å². The first kappa shape index (κ1) is 22.6. The maximum absolute atomic E-state index is 12.4. The van der Waals surface area contributed by atoms with E-state index in [1.54, 1.807) is 48.8 Å². The molecule has 2 aromatic carbocycles. The lowest BCUT2D eigenvalue weighted by Gasteiger charge is -2.08. The van der Waals surface area contributed by atoms with Gasteiger partial charge in [0, 0.05) is 58.4 Å². The Bertz CT molecular complexity index is 1310. The molecule has 10 nitrogen and oxygen atoms in total. The van der Waals surface area contributed by atoms with Crippen LogP contribution in [0.5, 0.6) is 0 Å². The van der Waals surface area contributed by atoms with Crippen molar-refractivity contribution in [2.45, 2.75) is 12.8 Å². The highest BCUT2D eigenvalue weighted by Gasteiger charge is 2.15. The van der Waals surface area contributed by atoms with Gasteiger partial charge in [-0.2, -0.15) is 0 Å². The summed E-state index contributed by atoms with van der Waals surface area (Å²) in [5, 5.41) is 6.71.